The minimum Gasteiger partial charge on any atom is -0.300 e. The van der Waals surface area contributed by atoms with Crippen LogP contribution in [0.25, 0.3) is 0 Å². The lowest BCUT2D eigenvalue weighted by Gasteiger charge is -2.26. The maximum absolute atomic E-state index is 4.77. The number of hydrogen-bond acceptors (Lipinski definition) is 4. The third-order valence-corrected chi connectivity index (χ3v) is 5.35. The zero-order valence-electron chi connectivity index (χ0n) is 10.4. The van der Waals surface area contributed by atoms with Crippen LogP contribution in [0.15, 0.2) is 5.38 Å². The van der Waals surface area contributed by atoms with E-state index in [-0.39, 0.29) is 5.41 Å². The lowest BCUT2D eigenvalue weighted by atomic mass is 9.98. The quantitative estimate of drug-likeness (QED) is 0.831. The highest BCUT2D eigenvalue weighted by Gasteiger charge is 2.25. The molecule has 4 heteroatoms. The van der Waals surface area contributed by atoms with Crippen LogP contribution in [0, 0.1) is 0 Å². The predicted molar refractivity (Wildman–Crippen MR) is 73.2 cm³/mol. The Kier molecular flexibility index (Phi) is 3.62. The fraction of sp³-hybridized carbons (Fsp3) is 0.750. The average Bonchev–Trinajstić information content (AvgIpc) is 2.65. The van der Waals surface area contributed by atoms with Gasteiger partial charge in [0.05, 0.1) is 16.1 Å². The summed E-state index contributed by atoms with van der Waals surface area (Å²) in [6.07, 6.45) is 1.26. The summed E-state index contributed by atoms with van der Waals surface area (Å²) in [4.78, 5) is 4.77. The zero-order chi connectivity index (χ0) is 11.8. The van der Waals surface area contributed by atoms with E-state index in [1.165, 1.54) is 17.1 Å². The van der Waals surface area contributed by atoms with Crippen molar-refractivity contribution in [1.29, 1.82) is 0 Å². The fourth-order valence-corrected chi connectivity index (χ4v) is 3.90. The van der Waals surface area contributed by atoms with Gasteiger partial charge in [0.25, 0.3) is 0 Å². The monoisotopic (exact) mass is 256 g/mol. The molecule has 1 aliphatic rings. The van der Waals surface area contributed by atoms with E-state index >= 15 is 0 Å². The van der Waals surface area contributed by atoms with E-state index in [2.05, 4.69) is 38.4 Å². The molecule has 0 amide bonds. The summed E-state index contributed by atoms with van der Waals surface area (Å²) in [5, 5.41) is 8.13. The Morgan fingerprint density at radius 1 is 1.44 bits per heavy atom. The first-order valence-electron chi connectivity index (χ1n) is 5.81. The summed E-state index contributed by atoms with van der Waals surface area (Å²) in [5.41, 5.74) is 1.39. The summed E-state index contributed by atoms with van der Waals surface area (Å²) < 4.78 is 0. The van der Waals surface area contributed by atoms with E-state index in [1.54, 1.807) is 11.3 Å². The molecule has 0 spiro atoms. The van der Waals surface area contributed by atoms with E-state index in [9.17, 15) is 0 Å². The van der Waals surface area contributed by atoms with E-state index in [0.29, 0.717) is 5.37 Å². The summed E-state index contributed by atoms with van der Waals surface area (Å²) in [6, 6.07) is 0. The molecule has 1 aromatic rings. The molecule has 1 aromatic heterocycles. The largest absolute Gasteiger partial charge is 0.300 e. The molecule has 2 unspecified atom stereocenters. The van der Waals surface area contributed by atoms with Gasteiger partial charge >= 0.3 is 0 Å². The molecule has 0 saturated carbocycles. The lowest BCUT2D eigenvalue weighted by Crippen LogP contribution is -2.29. The summed E-state index contributed by atoms with van der Waals surface area (Å²) >= 11 is 3.78. The normalized spacial score (nSPS) is 27.0. The number of nitrogens with zero attached hydrogens (tertiary/aromatic N) is 1. The second-order valence-corrected chi connectivity index (χ2v) is 7.80. The van der Waals surface area contributed by atoms with Crippen LogP contribution < -0.4 is 5.32 Å². The molecule has 0 radical (unpaired) electrons. The smallest absolute Gasteiger partial charge is 0.0982 e. The standard InChI is InChI=1S/C12H20N2S2/c1-8-5-6-13-10(16-8)9-7-15-11(14-9)12(2,3)4/h7-8,10,13H,5-6H2,1-4H3. The van der Waals surface area contributed by atoms with Crippen molar-refractivity contribution in [3.63, 3.8) is 0 Å². The van der Waals surface area contributed by atoms with E-state index < -0.39 is 0 Å². The van der Waals surface area contributed by atoms with Gasteiger partial charge in [-0.1, -0.05) is 27.7 Å². The Balaban J connectivity index is 2.12. The Morgan fingerprint density at radius 3 is 2.75 bits per heavy atom. The molecule has 90 valence electrons. The highest BCUT2D eigenvalue weighted by Crippen LogP contribution is 2.36. The molecule has 2 nitrogen and oxygen atoms in total. The Labute approximate surface area is 106 Å². The highest BCUT2D eigenvalue weighted by atomic mass is 32.2. The molecule has 2 heterocycles. The Hall–Kier alpha value is -0.0600. The first kappa shape index (κ1) is 12.4. The predicted octanol–water partition coefficient (Wildman–Crippen LogP) is 3.55. The molecular weight excluding hydrogens is 236 g/mol. The summed E-state index contributed by atoms with van der Waals surface area (Å²) in [5.74, 6) is 0. The minimum atomic E-state index is 0.174. The third-order valence-electron chi connectivity index (χ3n) is 2.68. The van der Waals surface area contributed by atoms with Gasteiger partial charge < -0.3 is 5.32 Å². The fourth-order valence-electron chi connectivity index (χ4n) is 1.69. The first-order valence-corrected chi connectivity index (χ1v) is 7.64. The van der Waals surface area contributed by atoms with Gasteiger partial charge in [0.15, 0.2) is 0 Å². The summed E-state index contributed by atoms with van der Waals surface area (Å²) in [7, 11) is 0. The maximum atomic E-state index is 4.77. The number of hydrogen-bond donors (Lipinski definition) is 1. The average molecular weight is 256 g/mol. The first-order chi connectivity index (χ1) is 7.47. The van der Waals surface area contributed by atoms with Crippen molar-refractivity contribution in [2.24, 2.45) is 0 Å². The molecule has 0 aromatic carbocycles. The van der Waals surface area contributed by atoms with Gasteiger partial charge in [0.1, 0.15) is 0 Å². The molecule has 2 atom stereocenters. The van der Waals surface area contributed by atoms with E-state index in [0.717, 1.165) is 11.8 Å². The maximum Gasteiger partial charge on any atom is 0.0982 e. The number of aromatic nitrogens is 1. The molecule has 1 saturated heterocycles. The zero-order valence-corrected chi connectivity index (χ0v) is 12.0. The minimum absolute atomic E-state index is 0.174. The van der Waals surface area contributed by atoms with Crippen LogP contribution in [0.2, 0.25) is 0 Å². The molecule has 0 bridgehead atoms. The van der Waals surface area contributed by atoms with Crippen LogP contribution in [-0.4, -0.2) is 16.8 Å². The SMILES string of the molecule is CC1CCNC(c2csc(C(C)(C)C)n2)S1. The van der Waals surface area contributed by atoms with Gasteiger partial charge in [-0.25, -0.2) is 4.98 Å². The number of thioether (sulfide) groups is 1. The number of thiazole rings is 1. The Bertz CT molecular complexity index is 354. The van der Waals surface area contributed by atoms with Crippen molar-refractivity contribution in [2.75, 3.05) is 6.54 Å². The second-order valence-electron chi connectivity index (χ2n) is 5.40. The van der Waals surface area contributed by atoms with Gasteiger partial charge in [-0.05, 0) is 13.0 Å². The topological polar surface area (TPSA) is 24.9 Å². The third kappa shape index (κ3) is 2.79. The summed E-state index contributed by atoms with van der Waals surface area (Å²) in [6.45, 7) is 10.1. The van der Waals surface area contributed by atoms with Gasteiger partial charge in [0, 0.05) is 16.0 Å². The molecule has 2 rings (SSSR count). The van der Waals surface area contributed by atoms with Crippen molar-refractivity contribution in [3.05, 3.63) is 16.1 Å². The van der Waals surface area contributed by atoms with Crippen molar-refractivity contribution >= 4 is 23.1 Å². The van der Waals surface area contributed by atoms with Crippen molar-refractivity contribution < 1.29 is 0 Å². The van der Waals surface area contributed by atoms with Gasteiger partial charge in [0.2, 0.25) is 0 Å². The Morgan fingerprint density at radius 2 is 2.19 bits per heavy atom. The van der Waals surface area contributed by atoms with Crippen molar-refractivity contribution in [3.8, 4) is 0 Å². The number of rotatable bonds is 1. The van der Waals surface area contributed by atoms with Crippen LogP contribution in [0.4, 0.5) is 0 Å². The molecule has 16 heavy (non-hydrogen) atoms. The molecule has 1 N–H and O–H groups in total. The van der Waals surface area contributed by atoms with Crippen LogP contribution in [-0.2, 0) is 5.41 Å². The van der Waals surface area contributed by atoms with Crippen molar-refractivity contribution in [2.45, 2.75) is 50.2 Å². The molecule has 1 fully saturated rings. The highest BCUT2D eigenvalue weighted by molar-refractivity contribution is 8.00. The van der Waals surface area contributed by atoms with E-state index in [1.807, 2.05) is 11.8 Å². The number of nitrogens with one attached hydrogen (secondary N) is 1. The van der Waals surface area contributed by atoms with E-state index in [4.69, 9.17) is 4.98 Å². The van der Waals surface area contributed by atoms with Crippen molar-refractivity contribution in [1.82, 2.24) is 10.3 Å². The van der Waals surface area contributed by atoms with Crippen LogP contribution in [0.1, 0.15) is 50.2 Å². The van der Waals surface area contributed by atoms with Gasteiger partial charge in [-0.2, -0.15) is 0 Å². The van der Waals surface area contributed by atoms with Crippen LogP contribution in [0.5, 0.6) is 0 Å². The molecular formula is C12H20N2S2. The van der Waals surface area contributed by atoms with Crippen LogP contribution >= 0.6 is 23.1 Å². The van der Waals surface area contributed by atoms with Crippen LogP contribution in [0.3, 0.4) is 0 Å². The second kappa shape index (κ2) is 4.67. The molecule has 1 aliphatic heterocycles. The lowest BCUT2D eigenvalue weighted by molar-refractivity contribution is 0.570. The van der Waals surface area contributed by atoms with Gasteiger partial charge in [-0.15, -0.1) is 23.1 Å². The van der Waals surface area contributed by atoms with Gasteiger partial charge in [-0.3, -0.25) is 0 Å². The molecule has 0 aliphatic carbocycles.